The van der Waals surface area contributed by atoms with Crippen LogP contribution in [-0.2, 0) is 9.47 Å². The average molecular weight is 483 g/mol. The molecular formula is C30H46O3Si. The fraction of sp³-hybridized carbons (Fsp3) is 0.633. The van der Waals surface area contributed by atoms with Crippen molar-refractivity contribution in [3.63, 3.8) is 0 Å². The Labute approximate surface area is 209 Å². The zero-order valence-electron chi connectivity index (χ0n) is 22.6. The van der Waals surface area contributed by atoms with Crippen LogP contribution >= 0.6 is 0 Å². The smallest absolute Gasteiger partial charge is 0.338 e. The van der Waals surface area contributed by atoms with Crippen molar-refractivity contribution in [2.24, 2.45) is 11.3 Å². The molecule has 2 heterocycles. The summed E-state index contributed by atoms with van der Waals surface area (Å²) in [5, 5.41) is 0. The minimum Gasteiger partial charge on any atom is -0.458 e. The van der Waals surface area contributed by atoms with Gasteiger partial charge < -0.3 is 9.47 Å². The molecule has 2 aliphatic rings. The first kappa shape index (κ1) is 26.9. The summed E-state index contributed by atoms with van der Waals surface area (Å²) in [5.41, 5.74) is 3.89. The molecule has 1 aromatic carbocycles. The highest BCUT2D eigenvalue weighted by atomic mass is 28.3. The van der Waals surface area contributed by atoms with Crippen molar-refractivity contribution >= 4 is 14.0 Å². The molecule has 0 saturated carbocycles. The molecule has 3 atom stereocenters. The van der Waals surface area contributed by atoms with Gasteiger partial charge in [0.1, 0.15) is 6.61 Å². The Morgan fingerprint density at radius 1 is 1.12 bits per heavy atom. The van der Waals surface area contributed by atoms with Gasteiger partial charge in [-0.05, 0) is 88.0 Å². The SMILES string of the molecule is C/C(=C\COC(=O)c1ccccc1)CC/C=C(\CCC1C(C)(C)[C@@H]2CC[C@@]1(C)O2)C[Si](C)(C)C. The number of allylic oxidation sites excluding steroid dienone is 3. The van der Waals surface area contributed by atoms with Crippen molar-refractivity contribution in [3.05, 3.63) is 59.2 Å². The maximum atomic E-state index is 12.1. The van der Waals surface area contributed by atoms with E-state index in [4.69, 9.17) is 9.47 Å². The van der Waals surface area contributed by atoms with E-state index in [2.05, 4.69) is 53.4 Å². The van der Waals surface area contributed by atoms with Crippen molar-refractivity contribution in [1.82, 2.24) is 0 Å². The van der Waals surface area contributed by atoms with E-state index in [0.29, 0.717) is 24.2 Å². The van der Waals surface area contributed by atoms with E-state index in [1.807, 2.05) is 24.3 Å². The topological polar surface area (TPSA) is 35.5 Å². The summed E-state index contributed by atoms with van der Waals surface area (Å²) < 4.78 is 11.9. The third-order valence-electron chi connectivity index (χ3n) is 7.92. The molecule has 3 nitrogen and oxygen atoms in total. The van der Waals surface area contributed by atoms with E-state index in [1.165, 1.54) is 37.3 Å². The van der Waals surface area contributed by atoms with E-state index in [9.17, 15) is 4.79 Å². The van der Waals surface area contributed by atoms with Gasteiger partial charge >= 0.3 is 5.97 Å². The molecule has 4 heteroatoms. The highest BCUT2D eigenvalue weighted by Gasteiger charge is 2.60. The average Bonchev–Trinajstić information content (AvgIpc) is 3.23. The Morgan fingerprint density at radius 2 is 1.82 bits per heavy atom. The van der Waals surface area contributed by atoms with Crippen LogP contribution in [0.5, 0.6) is 0 Å². The highest BCUT2D eigenvalue weighted by molar-refractivity contribution is 6.76. The molecule has 188 valence electrons. The second-order valence-corrected chi connectivity index (χ2v) is 18.0. The minimum absolute atomic E-state index is 0.0783. The molecule has 2 aliphatic heterocycles. The van der Waals surface area contributed by atoms with Crippen LogP contribution in [0.3, 0.4) is 0 Å². The molecule has 2 bridgehead atoms. The largest absolute Gasteiger partial charge is 0.458 e. The van der Waals surface area contributed by atoms with Crippen molar-refractivity contribution in [1.29, 1.82) is 0 Å². The molecule has 0 amide bonds. The number of esters is 1. The first-order chi connectivity index (χ1) is 15.9. The van der Waals surface area contributed by atoms with Gasteiger partial charge in [-0.25, -0.2) is 4.79 Å². The van der Waals surface area contributed by atoms with Crippen LogP contribution in [0.15, 0.2) is 53.6 Å². The van der Waals surface area contributed by atoms with Crippen LogP contribution in [0, 0.1) is 11.3 Å². The number of hydrogen-bond acceptors (Lipinski definition) is 3. The quantitative estimate of drug-likeness (QED) is 0.181. The number of carbonyl (C=O) groups excluding carboxylic acids is 1. The van der Waals surface area contributed by atoms with Crippen LogP contribution in [0.1, 0.15) is 76.6 Å². The van der Waals surface area contributed by atoms with Gasteiger partial charge in [0.05, 0.1) is 17.3 Å². The summed E-state index contributed by atoms with van der Waals surface area (Å²) in [6.07, 6.45) is 11.9. The van der Waals surface area contributed by atoms with Crippen LogP contribution in [0.25, 0.3) is 0 Å². The van der Waals surface area contributed by atoms with E-state index < -0.39 is 8.07 Å². The molecule has 0 N–H and O–H groups in total. The van der Waals surface area contributed by atoms with Gasteiger partial charge in [0.2, 0.25) is 0 Å². The lowest BCUT2D eigenvalue weighted by molar-refractivity contribution is 0.00469. The maximum Gasteiger partial charge on any atom is 0.338 e. The van der Waals surface area contributed by atoms with Crippen molar-refractivity contribution in [3.8, 4) is 0 Å². The van der Waals surface area contributed by atoms with Crippen molar-refractivity contribution in [2.45, 2.75) is 104 Å². The van der Waals surface area contributed by atoms with E-state index in [0.717, 1.165) is 12.8 Å². The third-order valence-corrected chi connectivity index (χ3v) is 9.43. The van der Waals surface area contributed by atoms with Gasteiger partial charge in [-0.1, -0.05) is 68.9 Å². The molecule has 0 aliphatic carbocycles. The number of ether oxygens (including phenoxy) is 2. The number of carbonyl (C=O) groups is 1. The molecule has 2 fully saturated rings. The fourth-order valence-corrected chi connectivity index (χ4v) is 7.81. The summed E-state index contributed by atoms with van der Waals surface area (Å²) >= 11 is 0. The highest BCUT2D eigenvalue weighted by Crippen LogP contribution is 2.59. The van der Waals surface area contributed by atoms with E-state index in [-0.39, 0.29) is 17.0 Å². The minimum atomic E-state index is -1.18. The fourth-order valence-electron chi connectivity index (χ4n) is 6.13. The Morgan fingerprint density at radius 3 is 2.44 bits per heavy atom. The van der Waals surface area contributed by atoms with Gasteiger partial charge in [-0.2, -0.15) is 0 Å². The Kier molecular flexibility index (Phi) is 8.68. The number of fused-ring (bicyclic) bond motifs is 2. The Bertz CT molecular complexity index is 889. The van der Waals surface area contributed by atoms with Crippen LogP contribution in [-0.4, -0.2) is 32.4 Å². The molecule has 3 rings (SSSR count). The normalized spacial score (nSPS) is 26.7. The maximum absolute atomic E-state index is 12.1. The van der Waals surface area contributed by atoms with Crippen LogP contribution in [0.2, 0.25) is 25.7 Å². The molecule has 0 radical (unpaired) electrons. The summed E-state index contributed by atoms with van der Waals surface area (Å²) in [6.45, 7) is 17.1. The van der Waals surface area contributed by atoms with Crippen molar-refractivity contribution in [2.75, 3.05) is 6.61 Å². The number of rotatable bonds is 11. The Hall–Kier alpha value is -1.65. The summed E-state index contributed by atoms with van der Waals surface area (Å²) in [5.74, 6) is 0.382. The Balaban J connectivity index is 1.52. The lowest BCUT2D eigenvalue weighted by atomic mass is 9.62. The summed E-state index contributed by atoms with van der Waals surface area (Å²) in [4.78, 5) is 12.1. The molecule has 0 spiro atoms. The number of benzene rings is 1. The monoisotopic (exact) mass is 482 g/mol. The zero-order valence-corrected chi connectivity index (χ0v) is 23.6. The first-order valence-corrected chi connectivity index (χ1v) is 16.8. The molecule has 1 unspecified atom stereocenters. The zero-order chi connectivity index (χ0) is 25.0. The lowest BCUT2D eigenvalue weighted by Gasteiger charge is -2.39. The van der Waals surface area contributed by atoms with Gasteiger partial charge in [0, 0.05) is 8.07 Å². The predicted molar refractivity (Wildman–Crippen MR) is 145 cm³/mol. The van der Waals surface area contributed by atoms with E-state index in [1.54, 1.807) is 17.7 Å². The van der Waals surface area contributed by atoms with E-state index >= 15 is 0 Å². The lowest BCUT2D eigenvalue weighted by Crippen LogP contribution is -2.40. The number of hydrogen-bond donors (Lipinski definition) is 0. The molecule has 0 aromatic heterocycles. The second kappa shape index (κ2) is 10.9. The van der Waals surface area contributed by atoms with Gasteiger partial charge in [0.15, 0.2) is 0 Å². The third kappa shape index (κ3) is 6.94. The summed E-state index contributed by atoms with van der Waals surface area (Å²) in [7, 11) is -1.18. The van der Waals surface area contributed by atoms with Gasteiger partial charge in [0.25, 0.3) is 0 Å². The molecule has 2 saturated heterocycles. The molecule has 34 heavy (non-hydrogen) atoms. The van der Waals surface area contributed by atoms with Gasteiger partial charge in [-0.3, -0.25) is 0 Å². The summed E-state index contributed by atoms with van der Waals surface area (Å²) in [6, 6.07) is 10.5. The predicted octanol–water partition coefficient (Wildman–Crippen LogP) is 8.21. The molecular weight excluding hydrogens is 436 g/mol. The van der Waals surface area contributed by atoms with Crippen LogP contribution < -0.4 is 0 Å². The standard InChI is InChI=1S/C30H46O3Si/c1-23(19-21-32-28(31)25-14-9-8-10-15-25)12-11-13-24(22-34(5,6)7)16-17-26-29(2,3)27-18-20-30(26,4)33-27/h8-10,13-15,19,26-27H,11-12,16-18,20-22H2,1-7H3/b23-19+,24-13+/t26?,27-,30+/m0/s1. The van der Waals surface area contributed by atoms with Crippen molar-refractivity contribution < 1.29 is 14.3 Å². The molecule has 1 aromatic rings. The van der Waals surface area contributed by atoms with Gasteiger partial charge in [-0.15, -0.1) is 0 Å². The van der Waals surface area contributed by atoms with Crippen LogP contribution in [0.4, 0.5) is 0 Å². The second-order valence-electron chi connectivity index (χ2n) is 12.5. The first-order valence-electron chi connectivity index (χ1n) is 13.1.